The number of thiazole rings is 1. The molecule has 8 heteroatoms. The number of rotatable bonds is 7. The van der Waals surface area contributed by atoms with Gasteiger partial charge >= 0.3 is 0 Å². The largest absolute Gasteiger partial charge is 0.369 e. The fourth-order valence-electron chi connectivity index (χ4n) is 2.52. The highest BCUT2D eigenvalue weighted by molar-refractivity contribution is 7.97. The van der Waals surface area contributed by atoms with Crippen molar-refractivity contribution in [2.24, 2.45) is 11.7 Å². The van der Waals surface area contributed by atoms with Crippen LogP contribution in [0.15, 0.2) is 5.38 Å². The lowest BCUT2D eigenvalue weighted by Crippen LogP contribution is -2.43. The molecule has 1 saturated heterocycles. The first kappa shape index (κ1) is 17.2. The van der Waals surface area contributed by atoms with Gasteiger partial charge in [0.15, 0.2) is 0 Å². The zero-order valence-electron chi connectivity index (χ0n) is 12.7. The Balaban J connectivity index is 1.72. The molecule has 0 aliphatic carbocycles. The molecule has 122 valence electrons. The first-order valence-corrected chi connectivity index (χ1v) is 9.56. The quantitative estimate of drug-likeness (QED) is 0.766. The van der Waals surface area contributed by atoms with Gasteiger partial charge in [-0.3, -0.25) is 14.5 Å². The average molecular weight is 342 g/mol. The number of nitrogens with two attached hydrogens (primary N) is 1. The number of nitrogens with one attached hydrogen (secondary N) is 1. The van der Waals surface area contributed by atoms with Gasteiger partial charge in [-0.25, -0.2) is 4.98 Å². The third kappa shape index (κ3) is 5.26. The summed E-state index contributed by atoms with van der Waals surface area (Å²) in [7, 11) is 0. The maximum Gasteiger partial charge on any atom is 0.231 e. The van der Waals surface area contributed by atoms with Gasteiger partial charge in [0, 0.05) is 17.1 Å². The number of likely N-dealkylation sites (tertiary alicyclic amines) is 1. The second-order valence-electron chi connectivity index (χ2n) is 5.40. The van der Waals surface area contributed by atoms with Crippen LogP contribution < -0.4 is 11.1 Å². The SMILES string of the molecule is CSCc1nc(CNC(=O)C2CCN(CC(N)=O)CC2)cs1. The lowest BCUT2D eigenvalue weighted by atomic mass is 9.96. The summed E-state index contributed by atoms with van der Waals surface area (Å²) < 4.78 is 0. The van der Waals surface area contributed by atoms with Crippen molar-refractivity contribution in [3.8, 4) is 0 Å². The van der Waals surface area contributed by atoms with E-state index >= 15 is 0 Å². The van der Waals surface area contributed by atoms with E-state index in [9.17, 15) is 9.59 Å². The molecule has 1 aromatic rings. The number of carbonyl (C=O) groups excluding carboxylic acids is 2. The number of piperidine rings is 1. The second kappa shape index (κ2) is 8.50. The molecule has 1 aliphatic rings. The third-order valence-corrected chi connectivity index (χ3v) is 5.29. The van der Waals surface area contributed by atoms with Gasteiger partial charge in [-0.05, 0) is 32.2 Å². The normalized spacial score (nSPS) is 16.6. The van der Waals surface area contributed by atoms with Crippen molar-refractivity contribution in [2.75, 3.05) is 25.9 Å². The molecule has 0 atom stereocenters. The van der Waals surface area contributed by atoms with E-state index < -0.39 is 0 Å². The summed E-state index contributed by atoms with van der Waals surface area (Å²) in [5, 5.41) is 6.06. The van der Waals surface area contributed by atoms with E-state index in [2.05, 4.69) is 10.3 Å². The van der Waals surface area contributed by atoms with Crippen LogP contribution in [0, 0.1) is 5.92 Å². The molecule has 0 radical (unpaired) electrons. The number of amides is 2. The summed E-state index contributed by atoms with van der Waals surface area (Å²) in [5.41, 5.74) is 6.11. The number of hydrogen-bond donors (Lipinski definition) is 2. The van der Waals surface area contributed by atoms with Gasteiger partial charge in [0.2, 0.25) is 11.8 Å². The Morgan fingerprint density at radius 3 is 2.86 bits per heavy atom. The molecule has 1 fully saturated rings. The Bertz CT molecular complexity index is 513. The monoisotopic (exact) mass is 342 g/mol. The van der Waals surface area contributed by atoms with Crippen molar-refractivity contribution < 1.29 is 9.59 Å². The average Bonchev–Trinajstić information content (AvgIpc) is 2.93. The van der Waals surface area contributed by atoms with Crippen LogP contribution >= 0.6 is 23.1 Å². The van der Waals surface area contributed by atoms with Gasteiger partial charge in [-0.2, -0.15) is 11.8 Å². The van der Waals surface area contributed by atoms with Crippen LogP contribution in [0.2, 0.25) is 0 Å². The van der Waals surface area contributed by atoms with Gasteiger partial charge in [-0.1, -0.05) is 0 Å². The van der Waals surface area contributed by atoms with Gasteiger partial charge in [0.1, 0.15) is 5.01 Å². The van der Waals surface area contributed by atoms with Crippen LogP contribution in [0.4, 0.5) is 0 Å². The minimum Gasteiger partial charge on any atom is -0.369 e. The van der Waals surface area contributed by atoms with E-state index in [1.165, 1.54) is 0 Å². The number of primary amides is 1. The summed E-state index contributed by atoms with van der Waals surface area (Å²) in [6, 6.07) is 0. The molecule has 6 nitrogen and oxygen atoms in total. The minimum absolute atomic E-state index is 0.0217. The van der Waals surface area contributed by atoms with Crippen LogP contribution in [0.3, 0.4) is 0 Å². The van der Waals surface area contributed by atoms with Crippen LogP contribution in [-0.4, -0.2) is 47.6 Å². The molecule has 0 unspecified atom stereocenters. The molecule has 1 aromatic heterocycles. The predicted octanol–water partition coefficient (Wildman–Crippen LogP) is 0.820. The zero-order chi connectivity index (χ0) is 15.9. The van der Waals surface area contributed by atoms with Crippen molar-refractivity contribution in [3.63, 3.8) is 0 Å². The highest BCUT2D eigenvalue weighted by atomic mass is 32.2. The van der Waals surface area contributed by atoms with E-state index in [0.717, 1.165) is 42.4 Å². The molecule has 1 aliphatic heterocycles. The fourth-order valence-corrected chi connectivity index (χ4v) is 4.03. The number of carbonyl (C=O) groups is 2. The van der Waals surface area contributed by atoms with Crippen LogP contribution in [0.5, 0.6) is 0 Å². The first-order valence-electron chi connectivity index (χ1n) is 7.29. The highest BCUT2D eigenvalue weighted by Gasteiger charge is 2.25. The van der Waals surface area contributed by atoms with Crippen LogP contribution in [0.1, 0.15) is 23.5 Å². The Morgan fingerprint density at radius 2 is 2.23 bits per heavy atom. The molecule has 0 bridgehead atoms. The van der Waals surface area contributed by atoms with Gasteiger partial charge in [-0.15, -0.1) is 11.3 Å². The molecule has 0 aromatic carbocycles. The second-order valence-corrected chi connectivity index (χ2v) is 7.21. The summed E-state index contributed by atoms with van der Waals surface area (Å²) in [6.07, 6.45) is 3.59. The lowest BCUT2D eigenvalue weighted by Gasteiger charge is -2.30. The van der Waals surface area contributed by atoms with Crippen molar-refractivity contribution in [1.82, 2.24) is 15.2 Å². The van der Waals surface area contributed by atoms with Gasteiger partial charge in [0.25, 0.3) is 0 Å². The number of aromatic nitrogens is 1. The summed E-state index contributed by atoms with van der Waals surface area (Å²) >= 11 is 3.38. The van der Waals surface area contributed by atoms with Gasteiger partial charge in [0.05, 0.1) is 18.8 Å². The molecule has 0 saturated carbocycles. The maximum atomic E-state index is 12.2. The molecule has 2 rings (SSSR count). The lowest BCUT2D eigenvalue weighted by molar-refractivity contribution is -0.126. The van der Waals surface area contributed by atoms with Crippen molar-refractivity contribution >= 4 is 34.9 Å². The van der Waals surface area contributed by atoms with E-state index in [0.29, 0.717) is 6.54 Å². The number of nitrogens with zero attached hydrogens (tertiary/aromatic N) is 2. The molecule has 3 N–H and O–H groups in total. The molecule has 2 heterocycles. The number of hydrogen-bond acceptors (Lipinski definition) is 6. The Labute approximate surface area is 138 Å². The summed E-state index contributed by atoms with van der Waals surface area (Å²) in [5.74, 6) is 0.704. The minimum atomic E-state index is -0.313. The molecule has 0 spiro atoms. The third-order valence-electron chi connectivity index (χ3n) is 3.65. The molecule has 22 heavy (non-hydrogen) atoms. The first-order chi connectivity index (χ1) is 10.6. The van der Waals surface area contributed by atoms with E-state index in [4.69, 9.17) is 5.73 Å². The molecule has 2 amide bonds. The summed E-state index contributed by atoms with van der Waals surface area (Å²) in [6.45, 7) is 2.27. The maximum absolute atomic E-state index is 12.2. The van der Waals surface area contributed by atoms with Crippen LogP contribution in [-0.2, 0) is 21.9 Å². The van der Waals surface area contributed by atoms with Crippen molar-refractivity contribution in [3.05, 3.63) is 16.1 Å². The summed E-state index contributed by atoms with van der Waals surface area (Å²) in [4.78, 5) is 29.6. The Hall–Kier alpha value is -1.12. The fraction of sp³-hybridized carbons (Fsp3) is 0.643. The van der Waals surface area contributed by atoms with Crippen molar-refractivity contribution in [2.45, 2.75) is 25.1 Å². The predicted molar refractivity (Wildman–Crippen MR) is 89.5 cm³/mol. The van der Waals surface area contributed by atoms with Crippen LogP contribution in [0.25, 0.3) is 0 Å². The molecular weight excluding hydrogens is 320 g/mol. The van der Waals surface area contributed by atoms with Gasteiger partial charge < -0.3 is 11.1 Å². The molecular formula is C14H22N4O2S2. The Kier molecular flexibility index (Phi) is 6.66. The van der Waals surface area contributed by atoms with E-state index in [1.54, 1.807) is 23.1 Å². The standard InChI is InChI=1S/C14H22N4O2S2/c1-21-9-13-17-11(8-22-13)6-16-14(20)10-2-4-18(5-3-10)7-12(15)19/h8,10H,2-7,9H2,1H3,(H2,15,19)(H,16,20). The zero-order valence-corrected chi connectivity index (χ0v) is 14.3. The smallest absolute Gasteiger partial charge is 0.231 e. The van der Waals surface area contributed by atoms with E-state index in [1.807, 2.05) is 16.5 Å². The van der Waals surface area contributed by atoms with E-state index in [-0.39, 0.29) is 24.3 Å². The Morgan fingerprint density at radius 1 is 1.50 bits per heavy atom. The highest BCUT2D eigenvalue weighted by Crippen LogP contribution is 2.18. The topological polar surface area (TPSA) is 88.3 Å². The number of thioether (sulfide) groups is 1. The van der Waals surface area contributed by atoms with Crippen molar-refractivity contribution in [1.29, 1.82) is 0 Å².